The largest absolute Gasteiger partial charge is 0.450 e. The van der Waals surface area contributed by atoms with Gasteiger partial charge in [-0.2, -0.15) is 0 Å². The highest BCUT2D eigenvalue weighted by Crippen LogP contribution is 2.44. The molecule has 2 fully saturated rings. The molecule has 0 radical (unpaired) electrons. The van der Waals surface area contributed by atoms with Crippen LogP contribution in [0.25, 0.3) is 0 Å². The van der Waals surface area contributed by atoms with E-state index in [2.05, 4.69) is 17.2 Å². The molecule has 2 rings (SSSR count). The van der Waals surface area contributed by atoms with E-state index in [9.17, 15) is 9.59 Å². The topological polar surface area (TPSA) is 70.4 Å². The van der Waals surface area contributed by atoms with Crippen molar-refractivity contribution in [2.45, 2.75) is 18.9 Å². The molecule has 19 heavy (non-hydrogen) atoms. The molecular weight excluding hydrogens is 246 g/mol. The molecule has 0 aliphatic carbocycles. The Morgan fingerprint density at radius 2 is 2.42 bits per heavy atom. The van der Waals surface area contributed by atoms with Crippen LogP contribution in [0, 0.1) is 5.92 Å². The Morgan fingerprint density at radius 1 is 1.63 bits per heavy atom. The zero-order chi connectivity index (χ0) is 13.9. The lowest BCUT2D eigenvalue weighted by Gasteiger charge is -2.31. The van der Waals surface area contributed by atoms with Crippen LogP contribution in [0.4, 0.5) is 4.79 Å². The van der Waals surface area contributed by atoms with Crippen LogP contribution in [0.2, 0.25) is 0 Å². The molecule has 0 aromatic carbocycles. The molecule has 1 spiro atoms. The van der Waals surface area contributed by atoms with E-state index in [1.54, 1.807) is 17.9 Å². The van der Waals surface area contributed by atoms with Crippen LogP contribution >= 0.6 is 0 Å². The average Bonchev–Trinajstić information content (AvgIpc) is 3.11. The van der Waals surface area contributed by atoms with Crippen LogP contribution in [0.5, 0.6) is 0 Å². The summed E-state index contributed by atoms with van der Waals surface area (Å²) < 4.78 is 5.02. The van der Waals surface area contributed by atoms with Crippen molar-refractivity contribution >= 4 is 12.0 Å². The van der Waals surface area contributed by atoms with E-state index < -0.39 is 0 Å². The minimum absolute atomic E-state index is 0.0288. The average molecular weight is 267 g/mol. The lowest BCUT2D eigenvalue weighted by atomic mass is 9.85. The standard InChI is InChI=1S/C13H21N3O3/c1-3-6-15-11(17)10-8-14-7-5-13(10)9-16(13)12(18)19-4-2/h3,10,14H,1,4-9H2,2H3,(H,15,17)/t10-,13?,16?/m1/s1. The van der Waals surface area contributed by atoms with Gasteiger partial charge in [-0.3, -0.25) is 9.69 Å². The highest BCUT2D eigenvalue weighted by atomic mass is 16.6. The van der Waals surface area contributed by atoms with Crippen molar-refractivity contribution in [3.63, 3.8) is 0 Å². The molecule has 2 atom stereocenters. The number of hydrogen-bond donors (Lipinski definition) is 2. The van der Waals surface area contributed by atoms with Gasteiger partial charge in [0, 0.05) is 19.6 Å². The van der Waals surface area contributed by atoms with E-state index in [-0.39, 0.29) is 23.5 Å². The molecular formula is C13H21N3O3. The predicted octanol–water partition coefficient (Wildman–Crippen LogP) is 0.109. The number of nitrogens with zero attached hydrogens (tertiary/aromatic N) is 1. The molecule has 0 saturated carbocycles. The highest BCUT2D eigenvalue weighted by molar-refractivity contribution is 5.84. The molecule has 6 heteroatoms. The molecule has 2 aliphatic heterocycles. The van der Waals surface area contributed by atoms with Crippen LogP contribution in [-0.4, -0.2) is 55.2 Å². The fourth-order valence-corrected chi connectivity index (χ4v) is 2.75. The number of hydrogen-bond acceptors (Lipinski definition) is 4. The Hall–Kier alpha value is -1.56. The molecule has 2 N–H and O–H groups in total. The van der Waals surface area contributed by atoms with Gasteiger partial charge in [-0.15, -0.1) is 6.58 Å². The quantitative estimate of drug-likeness (QED) is 0.560. The van der Waals surface area contributed by atoms with Crippen molar-refractivity contribution in [3.8, 4) is 0 Å². The van der Waals surface area contributed by atoms with E-state index in [1.165, 1.54) is 0 Å². The van der Waals surface area contributed by atoms with Gasteiger partial charge in [0.2, 0.25) is 5.91 Å². The summed E-state index contributed by atoms with van der Waals surface area (Å²) >= 11 is 0. The van der Waals surface area contributed by atoms with Crippen LogP contribution in [0.15, 0.2) is 12.7 Å². The van der Waals surface area contributed by atoms with Crippen molar-refractivity contribution in [1.82, 2.24) is 15.5 Å². The van der Waals surface area contributed by atoms with Gasteiger partial charge in [0.15, 0.2) is 0 Å². The third-order valence-corrected chi connectivity index (χ3v) is 3.82. The van der Waals surface area contributed by atoms with Crippen LogP contribution < -0.4 is 10.6 Å². The Morgan fingerprint density at radius 3 is 3.11 bits per heavy atom. The molecule has 2 amide bonds. The highest BCUT2D eigenvalue weighted by Gasteiger charge is 2.63. The Kier molecular flexibility index (Phi) is 4.09. The number of piperidine rings is 1. The lowest BCUT2D eigenvalue weighted by Crippen LogP contribution is -2.52. The Bertz CT molecular complexity index is 385. The molecule has 0 aromatic heterocycles. The van der Waals surface area contributed by atoms with Gasteiger partial charge in [-0.1, -0.05) is 6.08 Å². The van der Waals surface area contributed by atoms with E-state index in [4.69, 9.17) is 4.74 Å². The molecule has 2 saturated heterocycles. The molecule has 106 valence electrons. The lowest BCUT2D eigenvalue weighted by molar-refractivity contribution is -0.126. The van der Waals surface area contributed by atoms with Crippen LogP contribution in [-0.2, 0) is 9.53 Å². The maximum Gasteiger partial charge on any atom is 0.410 e. The number of ether oxygens (including phenoxy) is 1. The van der Waals surface area contributed by atoms with Gasteiger partial charge in [-0.25, -0.2) is 4.79 Å². The summed E-state index contributed by atoms with van der Waals surface area (Å²) in [6.45, 7) is 8.20. The summed E-state index contributed by atoms with van der Waals surface area (Å²) in [5.74, 6) is -0.246. The second kappa shape index (κ2) is 5.61. The predicted molar refractivity (Wildman–Crippen MR) is 70.6 cm³/mol. The second-order valence-electron chi connectivity index (χ2n) is 4.93. The van der Waals surface area contributed by atoms with E-state index >= 15 is 0 Å². The number of carbonyl (C=O) groups is 2. The second-order valence-corrected chi connectivity index (χ2v) is 4.93. The van der Waals surface area contributed by atoms with E-state index in [0.717, 1.165) is 13.0 Å². The van der Waals surface area contributed by atoms with Gasteiger partial charge < -0.3 is 15.4 Å². The number of amides is 2. The van der Waals surface area contributed by atoms with Crippen molar-refractivity contribution in [2.75, 3.05) is 32.8 Å². The smallest absolute Gasteiger partial charge is 0.410 e. The molecule has 6 nitrogen and oxygen atoms in total. The molecule has 0 aromatic rings. The first-order valence-corrected chi connectivity index (χ1v) is 6.69. The molecule has 2 heterocycles. The minimum Gasteiger partial charge on any atom is -0.450 e. The first-order chi connectivity index (χ1) is 9.15. The van der Waals surface area contributed by atoms with Gasteiger partial charge in [0.25, 0.3) is 0 Å². The van der Waals surface area contributed by atoms with Crippen LogP contribution in [0.3, 0.4) is 0 Å². The van der Waals surface area contributed by atoms with E-state index in [1.807, 2.05) is 0 Å². The summed E-state index contributed by atoms with van der Waals surface area (Å²) in [4.78, 5) is 25.6. The zero-order valence-electron chi connectivity index (χ0n) is 11.3. The third kappa shape index (κ3) is 2.58. The minimum atomic E-state index is -0.344. The summed E-state index contributed by atoms with van der Waals surface area (Å²) in [6, 6.07) is 0. The summed E-state index contributed by atoms with van der Waals surface area (Å²) in [7, 11) is 0. The summed E-state index contributed by atoms with van der Waals surface area (Å²) in [6.07, 6.45) is 2.13. The SMILES string of the molecule is C=CCNC(=O)[C@H]1CNCCC12CN2C(=O)OCC. The maximum atomic E-state index is 12.2. The van der Waals surface area contributed by atoms with Crippen molar-refractivity contribution in [3.05, 3.63) is 12.7 Å². The van der Waals surface area contributed by atoms with Crippen molar-refractivity contribution < 1.29 is 14.3 Å². The zero-order valence-corrected chi connectivity index (χ0v) is 11.3. The van der Waals surface area contributed by atoms with Gasteiger partial charge in [-0.05, 0) is 19.9 Å². The van der Waals surface area contributed by atoms with Crippen molar-refractivity contribution in [1.29, 1.82) is 0 Å². The molecule has 0 bridgehead atoms. The van der Waals surface area contributed by atoms with Crippen LogP contribution in [0.1, 0.15) is 13.3 Å². The summed E-state index contributed by atoms with van der Waals surface area (Å²) in [5.41, 5.74) is -0.344. The van der Waals surface area contributed by atoms with Crippen molar-refractivity contribution in [2.24, 2.45) is 5.92 Å². The number of rotatable bonds is 4. The van der Waals surface area contributed by atoms with E-state index in [0.29, 0.717) is 26.2 Å². The number of nitrogens with one attached hydrogen (secondary N) is 2. The fraction of sp³-hybridized carbons (Fsp3) is 0.692. The third-order valence-electron chi connectivity index (χ3n) is 3.82. The first-order valence-electron chi connectivity index (χ1n) is 6.69. The maximum absolute atomic E-state index is 12.2. The van der Waals surface area contributed by atoms with Gasteiger partial charge in [0.05, 0.1) is 18.1 Å². The Labute approximate surface area is 113 Å². The van der Waals surface area contributed by atoms with Gasteiger partial charge >= 0.3 is 6.09 Å². The van der Waals surface area contributed by atoms with Gasteiger partial charge in [0.1, 0.15) is 0 Å². The first kappa shape index (κ1) is 13.9. The Balaban J connectivity index is 2.03. The fourth-order valence-electron chi connectivity index (χ4n) is 2.75. The molecule has 1 unspecified atom stereocenters. The summed E-state index contributed by atoms with van der Waals surface area (Å²) in [5, 5.41) is 6.03. The monoisotopic (exact) mass is 267 g/mol. The number of carbonyl (C=O) groups excluding carboxylic acids is 2. The molecule has 2 aliphatic rings. The normalized spacial score (nSPS) is 28.9.